The van der Waals surface area contributed by atoms with Gasteiger partial charge in [0.05, 0.1) is 0 Å². The van der Waals surface area contributed by atoms with E-state index in [0.717, 1.165) is 45.2 Å². The minimum Gasteiger partial charge on any atom is -0.361 e. The Labute approximate surface area is 226 Å². The van der Waals surface area contributed by atoms with Gasteiger partial charge in [-0.25, -0.2) is 0 Å². The van der Waals surface area contributed by atoms with Crippen molar-refractivity contribution in [3.8, 4) is 0 Å². The number of likely N-dealkylation sites (tertiary alicyclic amines) is 1. The van der Waals surface area contributed by atoms with Gasteiger partial charge in [0.1, 0.15) is 11.8 Å². The van der Waals surface area contributed by atoms with E-state index in [0.29, 0.717) is 43.1 Å². The highest BCUT2D eigenvalue weighted by molar-refractivity contribution is 5.96. The van der Waals surface area contributed by atoms with Crippen LogP contribution in [0.2, 0.25) is 0 Å². The fraction of sp³-hybridized carbons (Fsp3) is 0.633. The molecular formula is C30H43N5O3. The van der Waals surface area contributed by atoms with Crippen molar-refractivity contribution in [2.45, 2.75) is 89.9 Å². The summed E-state index contributed by atoms with van der Waals surface area (Å²) in [7, 11) is 0. The molecule has 0 bridgehead atoms. The highest BCUT2D eigenvalue weighted by atomic mass is 16.5. The number of hydrogen-bond donors (Lipinski definition) is 2. The average Bonchev–Trinajstić information content (AvgIpc) is 3.70. The van der Waals surface area contributed by atoms with E-state index in [-0.39, 0.29) is 23.6 Å². The molecule has 206 valence electrons. The zero-order valence-electron chi connectivity index (χ0n) is 22.9. The van der Waals surface area contributed by atoms with Crippen LogP contribution in [0.15, 0.2) is 34.9 Å². The van der Waals surface area contributed by atoms with Crippen LogP contribution in [0.5, 0.6) is 0 Å². The number of aromatic nitrogens is 1. The Kier molecular flexibility index (Phi) is 8.48. The zero-order valence-corrected chi connectivity index (χ0v) is 22.9. The molecule has 2 heterocycles. The molecule has 1 aromatic carbocycles. The first kappa shape index (κ1) is 26.9. The number of nitrogens with zero attached hydrogens (tertiary/aromatic N) is 3. The molecule has 5 rings (SSSR count). The molecule has 3 aliphatic rings. The Bertz CT molecular complexity index is 1090. The number of nitrogens with two attached hydrogens (primary N) is 1. The molecule has 0 radical (unpaired) electrons. The topological polar surface area (TPSA) is 105 Å². The third-order valence-corrected chi connectivity index (χ3v) is 8.82. The van der Waals surface area contributed by atoms with Gasteiger partial charge in [-0.3, -0.25) is 14.5 Å². The first-order valence-electron chi connectivity index (χ1n) is 14.4. The van der Waals surface area contributed by atoms with Gasteiger partial charge in [-0.2, -0.15) is 0 Å². The van der Waals surface area contributed by atoms with E-state index >= 15 is 0 Å². The van der Waals surface area contributed by atoms with Gasteiger partial charge in [0.25, 0.3) is 5.91 Å². The lowest BCUT2D eigenvalue weighted by Gasteiger charge is -2.43. The van der Waals surface area contributed by atoms with Gasteiger partial charge in [-0.1, -0.05) is 35.0 Å². The highest BCUT2D eigenvalue weighted by Gasteiger charge is 2.42. The van der Waals surface area contributed by atoms with E-state index in [1.54, 1.807) is 17.9 Å². The Morgan fingerprint density at radius 1 is 1.03 bits per heavy atom. The van der Waals surface area contributed by atoms with Crippen molar-refractivity contribution >= 4 is 11.8 Å². The van der Waals surface area contributed by atoms with Crippen LogP contribution < -0.4 is 11.1 Å². The summed E-state index contributed by atoms with van der Waals surface area (Å²) in [6.07, 6.45) is 8.35. The lowest BCUT2D eigenvalue weighted by molar-refractivity contribution is -0.128. The number of carbonyl (C=O) groups is 2. The molecule has 8 heteroatoms. The minimum absolute atomic E-state index is 0.0460. The van der Waals surface area contributed by atoms with Gasteiger partial charge in [-0.15, -0.1) is 0 Å². The molecule has 8 nitrogen and oxygen atoms in total. The molecule has 2 amide bonds. The average molecular weight is 522 g/mol. The summed E-state index contributed by atoms with van der Waals surface area (Å²) in [4.78, 5) is 31.4. The number of rotatable bonds is 9. The van der Waals surface area contributed by atoms with Gasteiger partial charge >= 0.3 is 0 Å². The van der Waals surface area contributed by atoms with Crippen LogP contribution in [-0.4, -0.2) is 64.5 Å². The monoisotopic (exact) mass is 521 g/mol. The fourth-order valence-electron chi connectivity index (χ4n) is 6.25. The maximum atomic E-state index is 13.7. The molecule has 2 aliphatic carbocycles. The normalized spacial score (nSPS) is 25.9. The molecule has 3 N–H and O–H groups in total. The van der Waals surface area contributed by atoms with E-state index in [9.17, 15) is 9.59 Å². The highest BCUT2D eigenvalue weighted by Crippen LogP contribution is 2.35. The standard InChI is InChI=1S/C30H43N5O3/c1-20-3-5-24(6-4-20)19-35(25-11-12-25)26-13-14-34(30(37)27-15-21(2)38-33-27)28(16-26)29(36)32-18-23-9-7-22(17-31)8-10-23/h3-6,15,22-23,25-26,28H,7-14,16-19,31H2,1-2H3,(H,32,36)/t22?,23?,26?,28-/m1/s1. The second kappa shape index (κ2) is 12.0. The maximum Gasteiger partial charge on any atom is 0.276 e. The SMILES string of the molecule is Cc1ccc(CN(C2CC2)C2CCN(C(=O)c3cc(C)on3)[C@@H](C(=O)NCC3CCC(CN)CC3)C2)cc1. The number of aryl methyl sites for hydroxylation is 2. The van der Waals surface area contributed by atoms with E-state index in [1.807, 2.05) is 0 Å². The summed E-state index contributed by atoms with van der Waals surface area (Å²) in [5.74, 6) is 1.42. The summed E-state index contributed by atoms with van der Waals surface area (Å²) in [5, 5.41) is 7.19. The number of carbonyl (C=O) groups excluding carboxylic acids is 2. The number of piperidine rings is 1. The van der Waals surface area contributed by atoms with E-state index < -0.39 is 6.04 Å². The van der Waals surface area contributed by atoms with Crippen LogP contribution in [0.25, 0.3) is 0 Å². The van der Waals surface area contributed by atoms with Crippen molar-refractivity contribution in [1.29, 1.82) is 0 Å². The van der Waals surface area contributed by atoms with Gasteiger partial charge in [-0.05, 0) is 89.2 Å². The van der Waals surface area contributed by atoms with Crippen LogP contribution in [0.1, 0.15) is 78.7 Å². The van der Waals surface area contributed by atoms with Gasteiger partial charge in [0.2, 0.25) is 5.91 Å². The predicted molar refractivity (Wildman–Crippen MR) is 146 cm³/mol. The zero-order chi connectivity index (χ0) is 26.6. The Morgan fingerprint density at radius 2 is 1.74 bits per heavy atom. The Hall–Kier alpha value is -2.71. The lowest BCUT2D eigenvalue weighted by Crippen LogP contribution is -2.58. The summed E-state index contributed by atoms with van der Waals surface area (Å²) in [5.41, 5.74) is 8.69. The molecule has 2 aromatic rings. The van der Waals surface area contributed by atoms with Gasteiger partial charge in [0, 0.05) is 37.8 Å². The summed E-state index contributed by atoms with van der Waals surface area (Å²) >= 11 is 0. The first-order valence-corrected chi connectivity index (χ1v) is 14.4. The molecule has 1 saturated heterocycles. The molecule has 38 heavy (non-hydrogen) atoms. The number of hydrogen-bond acceptors (Lipinski definition) is 6. The van der Waals surface area contributed by atoms with Crippen LogP contribution in [0.3, 0.4) is 0 Å². The molecule has 3 fully saturated rings. The van der Waals surface area contributed by atoms with Crippen molar-refractivity contribution in [3.05, 3.63) is 52.9 Å². The lowest BCUT2D eigenvalue weighted by atomic mass is 9.82. The number of nitrogens with one attached hydrogen (secondary N) is 1. The molecule has 1 unspecified atom stereocenters. The largest absolute Gasteiger partial charge is 0.361 e. The third-order valence-electron chi connectivity index (χ3n) is 8.82. The smallest absolute Gasteiger partial charge is 0.276 e. The minimum atomic E-state index is -0.516. The van der Waals surface area contributed by atoms with Crippen molar-refractivity contribution < 1.29 is 14.1 Å². The number of amides is 2. The first-order chi connectivity index (χ1) is 18.4. The Morgan fingerprint density at radius 3 is 2.37 bits per heavy atom. The van der Waals surface area contributed by atoms with Crippen molar-refractivity contribution in [1.82, 2.24) is 20.3 Å². The van der Waals surface area contributed by atoms with Crippen molar-refractivity contribution in [2.75, 3.05) is 19.6 Å². The van der Waals surface area contributed by atoms with Crippen molar-refractivity contribution in [3.63, 3.8) is 0 Å². The van der Waals surface area contributed by atoms with Gasteiger partial charge < -0.3 is 20.5 Å². The van der Waals surface area contributed by atoms with Crippen LogP contribution in [0, 0.1) is 25.7 Å². The van der Waals surface area contributed by atoms with Gasteiger partial charge in [0.15, 0.2) is 5.69 Å². The van der Waals surface area contributed by atoms with Crippen LogP contribution in [-0.2, 0) is 11.3 Å². The third kappa shape index (κ3) is 6.46. The fourth-order valence-corrected chi connectivity index (χ4v) is 6.25. The molecule has 2 saturated carbocycles. The molecule has 0 spiro atoms. The Balaban J connectivity index is 1.29. The van der Waals surface area contributed by atoms with E-state index in [2.05, 4.69) is 46.6 Å². The van der Waals surface area contributed by atoms with Crippen LogP contribution >= 0.6 is 0 Å². The maximum absolute atomic E-state index is 13.7. The summed E-state index contributed by atoms with van der Waals surface area (Å²) in [6.45, 7) is 6.72. The van der Waals surface area contributed by atoms with E-state index in [1.165, 1.54) is 24.0 Å². The second-order valence-corrected chi connectivity index (χ2v) is 11.8. The summed E-state index contributed by atoms with van der Waals surface area (Å²) in [6, 6.07) is 10.7. The number of benzene rings is 1. The van der Waals surface area contributed by atoms with Crippen molar-refractivity contribution in [2.24, 2.45) is 17.6 Å². The summed E-state index contributed by atoms with van der Waals surface area (Å²) < 4.78 is 5.18. The predicted octanol–water partition coefficient (Wildman–Crippen LogP) is 3.81. The molecule has 1 aromatic heterocycles. The van der Waals surface area contributed by atoms with E-state index in [4.69, 9.17) is 10.3 Å². The molecule has 2 atom stereocenters. The quantitative estimate of drug-likeness (QED) is 0.520. The molecule has 1 aliphatic heterocycles. The van der Waals surface area contributed by atoms with Crippen LogP contribution in [0.4, 0.5) is 0 Å². The second-order valence-electron chi connectivity index (χ2n) is 11.8. The molecular weight excluding hydrogens is 478 g/mol.